The van der Waals surface area contributed by atoms with Gasteiger partial charge in [-0.15, -0.1) is 0 Å². The molecule has 13 rings (SSSR count). The van der Waals surface area contributed by atoms with Crippen LogP contribution in [0.5, 0.6) is 0 Å². The fourth-order valence-electron chi connectivity index (χ4n) is 21.0. The summed E-state index contributed by atoms with van der Waals surface area (Å²) in [6, 6.07) is 4.30. The smallest absolute Gasteiger partial charge is 0.462 e. The number of aromatic nitrogens is 1. The molecule has 17 heteroatoms. The molecule has 0 aliphatic heterocycles. The number of allylic oxidation sites excluding steroid dienone is 7. The van der Waals surface area contributed by atoms with E-state index in [9.17, 15) is 40.8 Å². The minimum atomic E-state index is -5.67. The largest absolute Gasteiger partial charge is 0.534 e. The van der Waals surface area contributed by atoms with E-state index in [2.05, 4.69) is 117 Å². The van der Waals surface area contributed by atoms with Crippen molar-refractivity contribution in [2.75, 3.05) is 0 Å². The van der Waals surface area contributed by atoms with E-state index in [1.807, 2.05) is 19.3 Å². The van der Waals surface area contributed by atoms with Crippen LogP contribution in [0.3, 0.4) is 0 Å². The van der Waals surface area contributed by atoms with Gasteiger partial charge in [-0.25, -0.2) is 0 Å². The molecule has 7 saturated carbocycles. The van der Waals surface area contributed by atoms with Gasteiger partial charge in [-0.2, -0.15) is 21.6 Å². The number of ketones is 1. The maximum absolute atomic E-state index is 12.9. The highest BCUT2D eigenvalue weighted by Crippen LogP contribution is 2.69. The van der Waals surface area contributed by atoms with E-state index in [0.29, 0.717) is 42.3 Å². The highest BCUT2D eigenvalue weighted by Gasteiger charge is 2.62. The Morgan fingerprint density at radius 2 is 0.931 bits per heavy atom. The molecule has 18 atom stereocenters. The van der Waals surface area contributed by atoms with Gasteiger partial charge in [0.1, 0.15) is 29.9 Å². The maximum Gasteiger partial charge on any atom is 0.534 e. The Kier molecular flexibility index (Phi) is 20.2. The van der Waals surface area contributed by atoms with Gasteiger partial charge in [0.05, 0.1) is 0 Å². The Hall–Kier alpha value is -3.07. The molecule has 0 aromatic carbocycles. The first-order valence-corrected chi connectivity index (χ1v) is 39.8. The van der Waals surface area contributed by atoms with Crippen LogP contribution in [0, 0.1) is 85.8 Å². The summed E-state index contributed by atoms with van der Waals surface area (Å²) in [5, 5.41) is 0. The number of ether oxygens (including phenoxy) is 3. The Labute approximate surface area is 540 Å². The van der Waals surface area contributed by atoms with Crippen molar-refractivity contribution in [2.24, 2.45) is 85.8 Å². The Morgan fingerprint density at radius 1 is 0.540 bits per heavy atom. The van der Waals surface area contributed by atoms with Crippen LogP contribution < -0.4 is 0 Å². The van der Waals surface area contributed by atoms with Crippen LogP contribution in [0.4, 0.5) is 13.2 Å². The lowest BCUT2D eigenvalue weighted by Crippen LogP contribution is -2.50. The van der Waals surface area contributed by atoms with Crippen LogP contribution in [0.15, 0.2) is 77.4 Å². The molecule has 12 aliphatic rings. The van der Waals surface area contributed by atoms with Crippen LogP contribution in [0.1, 0.15) is 217 Å². The van der Waals surface area contributed by atoms with Crippen molar-refractivity contribution in [3.63, 3.8) is 0 Å². The van der Waals surface area contributed by atoms with E-state index in [1.54, 1.807) is 11.6 Å². The number of esters is 3. The fraction of sp³-hybridized carbons (Fsp3) is 0.729. The average Bonchev–Trinajstić information content (AvgIpc) is 1.92. The highest BCUT2D eigenvalue weighted by molar-refractivity contribution is 15.0. The molecule has 7 fully saturated rings. The van der Waals surface area contributed by atoms with Crippen molar-refractivity contribution in [2.45, 2.75) is 235 Å². The predicted molar refractivity (Wildman–Crippen MR) is 349 cm³/mol. The molecule has 11 nitrogen and oxygen atoms in total. The Morgan fingerprint density at radius 3 is 1.36 bits per heavy atom. The molecule has 1 heterocycles. The van der Waals surface area contributed by atoms with Crippen LogP contribution in [0.25, 0.3) is 5.57 Å². The first kappa shape index (κ1) is 68.3. The van der Waals surface area contributed by atoms with Gasteiger partial charge in [0.15, 0.2) is 0 Å². The van der Waals surface area contributed by atoms with Gasteiger partial charge in [-0.3, -0.25) is 24.2 Å². The Bertz CT molecular complexity index is 3070. The topological polar surface area (TPSA) is 152 Å². The third kappa shape index (κ3) is 12.4. The molecule has 9 unspecified atom stereocenters. The number of hydrogen-bond donors (Lipinski definition) is 0. The van der Waals surface area contributed by atoms with Crippen molar-refractivity contribution in [3.05, 3.63) is 82.9 Å². The number of fused-ring (bicyclic) bond motifs is 15. The molecule has 0 saturated heterocycles. The van der Waals surface area contributed by atoms with Crippen molar-refractivity contribution in [3.8, 4) is 0 Å². The third-order valence-electron chi connectivity index (χ3n) is 25.4. The lowest BCUT2D eigenvalue weighted by atomic mass is 9.47. The van der Waals surface area contributed by atoms with Gasteiger partial charge in [0.2, 0.25) is 0 Å². The molecular formula is C70H96F3I2NO10S. The van der Waals surface area contributed by atoms with Gasteiger partial charge in [-0.05, 0) is 214 Å². The van der Waals surface area contributed by atoms with Crippen molar-refractivity contribution in [1.29, 1.82) is 0 Å². The minimum absolute atomic E-state index is 0. The third-order valence-corrected chi connectivity index (χ3v) is 26.4. The zero-order valence-corrected chi connectivity index (χ0v) is 57.1. The lowest BCUT2D eigenvalue weighted by molar-refractivity contribution is -0.149. The average molecular weight is 1450 g/mol. The highest BCUT2D eigenvalue weighted by atomic mass is 128. The molecular weight excluding hydrogens is 1360 g/mol. The SMILES string of the molecule is C.CC(=O)O[C@H]1CC[C@@]2(C)C(=CCC3C2CC[C@]2(C)C(=O)CCC32)C1.CC(=O)O[C@H]1CC[C@@]2(C)C(=CCC3C2CC[C@]2(C)C(OS(=O)(=O)C(F)(F)F)=CCC32)C1.CC(=O)O[C@H]1CC[C@@]2(C)C(=CCC3C2CC[C@]2(C)C(c4cccnc4)=CCC32)C1.II. The minimum Gasteiger partial charge on any atom is -0.462 e. The number of pyridine rings is 1. The molecule has 87 heavy (non-hydrogen) atoms. The quantitative estimate of drug-likeness (QED) is 0.0668. The predicted octanol–water partition coefficient (Wildman–Crippen LogP) is 18.1. The molecule has 0 radical (unpaired) electrons. The summed E-state index contributed by atoms with van der Waals surface area (Å²) in [6.07, 6.45) is 36.8. The fourth-order valence-corrected chi connectivity index (χ4v) is 21.6. The molecule has 1 aromatic rings. The molecule has 482 valence electrons. The summed E-state index contributed by atoms with van der Waals surface area (Å²) in [5.41, 5.74) is 1.87. The van der Waals surface area contributed by atoms with Gasteiger partial charge in [-0.1, -0.05) is 96.1 Å². The zero-order valence-electron chi connectivity index (χ0n) is 52.0. The summed E-state index contributed by atoms with van der Waals surface area (Å²) >= 11 is 4.24. The number of alkyl halides is 3. The van der Waals surface area contributed by atoms with Crippen LogP contribution in [0.2, 0.25) is 0 Å². The second-order valence-corrected chi connectivity index (χ2v) is 31.0. The van der Waals surface area contributed by atoms with Gasteiger partial charge >= 0.3 is 33.5 Å². The van der Waals surface area contributed by atoms with E-state index >= 15 is 0 Å². The van der Waals surface area contributed by atoms with Gasteiger partial charge in [0, 0.05) is 107 Å². The van der Waals surface area contributed by atoms with Crippen LogP contribution >= 0.6 is 37.2 Å². The monoisotopic (exact) mass is 1450 g/mol. The Balaban J connectivity index is 0.000000154. The number of nitrogens with zero attached hydrogens (tertiary/aromatic N) is 1. The van der Waals surface area contributed by atoms with E-state index in [4.69, 9.17) is 14.2 Å². The standard InChI is InChI=1S/C26H33NO2.C22H29F3O5S.C21H30O3.CH4.I2/c1-17(28)29-20-10-12-25(2)19(15-20)6-7-21-23-9-8-22(18-5-4-14-27-16-18)26(23,3)13-11-24(21)25;1-13(26)29-15-8-10-20(2)14(12-15)4-5-16-17-6-7-19(21(17,3)11-9-18(16)20)30-31(27,28)22(23,24)25;1-13(22)24-15-8-10-20(2)14(12-15)4-5-16-17-6-7-19(23)21(17,3)11-9-18(16)20;;1-2/h4-6,8,14,16,20-21,23-24H,7,9-13,15H2,1-3H3;4,7,15-18H,5-6,8-12H2,1-3H3;4,15-18H,5-12H2,1-3H3;1H4;/t20-,21?,23?,24?,25-,26+;2*15-,16?,17?,18?,20-,21-;;/m000../s1. The molecule has 0 N–H and O–H groups in total. The van der Waals surface area contributed by atoms with Crippen LogP contribution in [-0.4, -0.2) is 60.9 Å². The number of rotatable bonds is 6. The number of Topliss-reactive ketones (excluding diaryl/α,β-unsaturated/α-hetero) is 1. The van der Waals surface area contributed by atoms with Crippen molar-refractivity contribution < 1.29 is 59.2 Å². The number of carbonyl (C=O) groups is 4. The van der Waals surface area contributed by atoms with E-state index in [-0.39, 0.29) is 88.3 Å². The lowest BCUT2D eigenvalue weighted by Gasteiger charge is -2.57. The molecule has 0 bridgehead atoms. The second-order valence-electron chi connectivity index (χ2n) is 29.4. The van der Waals surface area contributed by atoms with E-state index < -0.39 is 21.0 Å². The molecule has 12 aliphatic carbocycles. The summed E-state index contributed by atoms with van der Waals surface area (Å²) in [6.45, 7) is 18.3. The maximum atomic E-state index is 12.9. The summed E-state index contributed by atoms with van der Waals surface area (Å²) < 4.78 is 83.0. The van der Waals surface area contributed by atoms with Gasteiger partial charge in [0.25, 0.3) is 0 Å². The van der Waals surface area contributed by atoms with E-state index in [0.717, 1.165) is 114 Å². The number of halogens is 5. The second kappa shape index (κ2) is 25.8. The van der Waals surface area contributed by atoms with E-state index in [1.165, 1.54) is 75.2 Å². The van der Waals surface area contributed by atoms with Crippen molar-refractivity contribution >= 4 is 76.6 Å². The van der Waals surface area contributed by atoms with Gasteiger partial charge < -0.3 is 18.4 Å². The summed E-state index contributed by atoms with van der Waals surface area (Å²) in [4.78, 5) is 50.9. The summed E-state index contributed by atoms with van der Waals surface area (Å²) in [7, 11) is -5.67. The van der Waals surface area contributed by atoms with Crippen molar-refractivity contribution in [1.82, 2.24) is 4.98 Å². The first-order chi connectivity index (χ1) is 40.5. The normalized spacial score (nSPS) is 41.0. The number of hydrogen-bond acceptors (Lipinski definition) is 11. The number of carbonyl (C=O) groups excluding carboxylic acids is 4. The van der Waals surface area contributed by atoms with Crippen LogP contribution in [-0.2, 0) is 47.7 Å². The molecule has 0 amide bonds. The molecule has 0 spiro atoms. The first-order valence-electron chi connectivity index (χ1n) is 32.1. The zero-order chi connectivity index (χ0) is 62.2. The summed E-state index contributed by atoms with van der Waals surface area (Å²) in [5.74, 6) is 4.81. The molecule has 1 aromatic heterocycles.